The average Bonchev–Trinajstić information content (AvgIpc) is 3.33. The Hall–Kier alpha value is -3.41. The van der Waals surface area contributed by atoms with E-state index in [0.717, 1.165) is 11.3 Å². The van der Waals surface area contributed by atoms with Crippen molar-refractivity contribution in [3.63, 3.8) is 0 Å². The number of aromatic nitrogens is 2. The number of benzene rings is 1. The van der Waals surface area contributed by atoms with Crippen LogP contribution in [0.4, 0.5) is 5.69 Å². The molecule has 6 heteroatoms. The Kier molecular flexibility index (Phi) is 4.24. The number of rotatable bonds is 4. The lowest BCUT2D eigenvalue weighted by Gasteiger charge is -2.23. The summed E-state index contributed by atoms with van der Waals surface area (Å²) in [6.45, 7) is 6.29. The van der Waals surface area contributed by atoms with E-state index in [-0.39, 0.29) is 5.91 Å². The number of carbonyl (C=O) groups is 1. The molecule has 0 aliphatic heterocycles. The van der Waals surface area contributed by atoms with Gasteiger partial charge in [-0.15, -0.1) is 0 Å². The zero-order chi connectivity index (χ0) is 19.0. The summed E-state index contributed by atoms with van der Waals surface area (Å²) in [5.41, 5.74) is 3.90. The second kappa shape index (κ2) is 6.72. The summed E-state index contributed by atoms with van der Waals surface area (Å²) in [4.78, 5) is 19.7. The molecule has 4 aromatic rings. The highest BCUT2D eigenvalue weighted by molar-refractivity contribution is 6.14. The van der Waals surface area contributed by atoms with Crippen LogP contribution in [0.3, 0.4) is 0 Å². The Balaban J connectivity index is 1.90. The van der Waals surface area contributed by atoms with Crippen LogP contribution in [-0.2, 0) is 0 Å². The Labute approximate surface area is 156 Å². The Morgan fingerprint density at radius 2 is 1.96 bits per heavy atom. The fourth-order valence-corrected chi connectivity index (χ4v) is 3.25. The van der Waals surface area contributed by atoms with Gasteiger partial charge in [0.25, 0.3) is 11.6 Å². The molecule has 0 fully saturated rings. The van der Waals surface area contributed by atoms with Crippen molar-refractivity contribution in [2.75, 3.05) is 11.4 Å². The van der Waals surface area contributed by atoms with Gasteiger partial charge in [-0.1, -0.05) is 23.4 Å². The lowest BCUT2D eigenvalue weighted by molar-refractivity contribution is 0.0989. The van der Waals surface area contributed by atoms with Gasteiger partial charge < -0.3 is 13.8 Å². The van der Waals surface area contributed by atoms with Crippen LogP contribution in [0.5, 0.6) is 0 Å². The summed E-state index contributed by atoms with van der Waals surface area (Å²) in [6, 6.07) is 13.1. The number of pyridine rings is 1. The minimum absolute atomic E-state index is 0.127. The van der Waals surface area contributed by atoms with Gasteiger partial charge in [0, 0.05) is 12.2 Å². The van der Waals surface area contributed by atoms with Gasteiger partial charge in [-0.05, 0) is 50.6 Å². The third-order valence-electron chi connectivity index (χ3n) is 4.59. The van der Waals surface area contributed by atoms with Crippen LogP contribution in [0.1, 0.15) is 28.5 Å². The van der Waals surface area contributed by atoms with Crippen LogP contribution in [-0.4, -0.2) is 22.6 Å². The highest BCUT2D eigenvalue weighted by atomic mass is 16.5. The second-order valence-electron chi connectivity index (χ2n) is 6.32. The monoisotopic (exact) mass is 361 g/mol. The number of anilines is 1. The molecule has 0 aliphatic carbocycles. The molecule has 0 unspecified atom stereocenters. The highest BCUT2D eigenvalue weighted by Gasteiger charge is 2.24. The lowest BCUT2D eigenvalue weighted by atomic mass is 10.1. The van der Waals surface area contributed by atoms with Gasteiger partial charge in [0.15, 0.2) is 5.76 Å². The first-order valence-corrected chi connectivity index (χ1v) is 8.78. The lowest BCUT2D eigenvalue weighted by Crippen LogP contribution is -2.31. The molecular formula is C21H19N3O3. The molecule has 0 atom stereocenters. The van der Waals surface area contributed by atoms with E-state index in [1.807, 2.05) is 38.1 Å². The fourth-order valence-electron chi connectivity index (χ4n) is 3.25. The molecule has 0 N–H and O–H groups in total. The van der Waals surface area contributed by atoms with Gasteiger partial charge in [0.1, 0.15) is 5.69 Å². The molecule has 0 radical (unpaired) electrons. The fraction of sp³-hybridized carbons (Fsp3) is 0.190. The molecule has 0 spiro atoms. The predicted molar refractivity (Wildman–Crippen MR) is 103 cm³/mol. The van der Waals surface area contributed by atoms with Gasteiger partial charge in [0.05, 0.1) is 22.9 Å². The van der Waals surface area contributed by atoms with Crippen molar-refractivity contribution in [1.29, 1.82) is 0 Å². The van der Waals surface area contributed by atoms with Gasteiger partial charge in [-0.25, -0.2) is 4.98 Å². The van der Waals surface area contributed by atoms with E-state index >= 15 is 0 Å². The Bertz CT molecular complexity index is 1110. The van der Waals surface area contributed by atoms with Gasteiger partial charge in [-0.2, -0.15) is 0 Å². The van der Waals surface area contributed by atoms with E-state index in [4.69, 9.17) is 8.94 Å². The van der Waals surface area contributed by atoms with Crippen molar-refractivity contribution < 1.29 is 13.7 Å². The number of fused-ring (bicyclic) bond motifs is 1. The molecule has 27 heavy (non-hydrogen) atoms. The van der Waals surface area contributed by atoms with E-state index < -0.39 is 0 Å². The Morgan fingerprint density at radius 3 is 2.67 bits per heavy atom. The van der Waals surface area contributed by atoms with E-state index in [1.54, 1.807) is 36.3 Å². The Morgan fingerprint density at radius 1 is 1.15 bits per heavy atom. The molecule has 1 amide bonds. The normalized spacial score (nSPS) is 11.1. The van der Waals surface area contributed by atoms with E-state index in [0.29, 0.717) is 40.4 Å². The third kappa shape index (κ3) is 2.89. The molecule has 6 nitrogen and oxygen atoms in total. The minimum atomic E-state index is -0.127. The largest absolute Gasteiger partial charge is 0.463 e. The van der Waals surface area contributed by atoms with Crippen LogP contribution in [0.25, 0.3) is 22.6 Å². The first-order chi connectivity index (χ1) is 13.1. The van der Waals surface area contributed by atoms with Gasteiger partial charge >= 0.3 is 0 Å². The van der Waals surface area contributed by atoms with Crippen molar-refractivity contribution in [3.05, 3.63) is 65.5 Å². The van der Waals surface area contributed by atoms with Crippen LogP contribution in [0.15, 0.2) is 57.7 Å². The number of furan rings is 1. The van der Waals surface area contributed by atoms with Crippen molar-refractivity contribution in [1.82, 2.24) is 10.1 Å². The smallest absolute Gasteiger partial charge is 0.259 e. The number of hydrogen-bond donors (Lipinski definition) is 0. The topological polar surface area (TPSA) is 72.4 Å². The van der Waals surface area contributed by atoms with E-state index in [1.165, 1.54) is 0 Å². The summed E-state index contributed by atoms with van der Waals surface area (Å²) >= 11 is 0. The molecule has 3 aromatic heterocycles. The van der Waals surface area contributed by atoms with E-state index in [2.05, 4.69) is 10.1 Å². The van der Waals surface area contributed by atoms with Gasteiger partial charge in [0.2, 0.25) is 0 Å². The molecular weight excluding hydrogens is 342 g/mol. The predicted octanol–water partition coefficient (Wildman–Crippen LogP) is 4.77. The first-order valence-electron chi connectivity index (χ1n) is 8.78. The van der Waals surface area contributed by atoms with Crippen LogP contribution >= 0.6 is 0 Å². The molecule has 0 saturated heterocycles. The summed E-state index contributed by atoms with van der Waals surface area (Å²) < 4.78 is 10.8. The molecule has 4 rings (SSSR count). The number of para-hydroxylation sites is 1. The maximum absolute atomic E-state index is 13.5. The van der Waals surface area contributed by atoms with Crippen LogP contribution < -0.4 is 4.90 Å². The summed E-state index contributed by atoms with van der Waals surface area (Å²) in [6.07, 6.45) is 1.57. The quantitative estimate of drug-likeness (QED) is 0.524. The minimum Gasteiger partial charge on any atom is -0.463 e. The summed E-state index contributed by atoms with van der Waals surface area (Å²) in [5.74, 6) is 0.442. The number of hydrogen-bond acceptors (Lipinski definition) is 5. The molecule has 136 valence electrons. The maximum Gasteiger partial charge on any atom is 0.259 e. The molecule has 3 heterocycles. The number of amides is 1. The standard InChI is InChI=1S/C21H19N3O3/c1-4-24(17-9-6-5-8-13(17)2)21(25)15-12-16(18-10-7-11-26-18)22-20-19(15)14(3)23-27-20/h5-12H,4H2,1-3H3. The number of carbonyl (C=O) groups excluding carboxylic acids is 1. The molecule has 1 aromatic carbocycles. The van der Waals surface area contributed by atoms with Crippen LogP contribution in [0, 0.1) is 13.8 Å². The summed E-state index contributed by atoms with van der Waals surface area (Å²) in [7, 11) is 0. The average molecular weight is 361 g/mol. The highest BCUT2D eigenvalue weighted by Crippen LogP contribution is 2.30. The molecule has 0 aliphatic rings. The zero-order valence-corrected chi connectivity index (χ0v) is 15.4. The van der Waals surface area contributed by atoms with Crippen molar-refractivity contribution in [2.24, 2.45) is 0 Å². The summed E-state index contributed by atoms with van der Waals surface area (Å²) in [5, 5.41) is 4.63. The number of aryl methyl sites for hydroxylation is 2. The molecule has 0 saturated carbocycles. The van der Waals surface area contributed by atoms with Crippen molar-refractivity contribution in [3.8, 4) is 11.5 Å². The van der Waals surface area contributed by atoms with Crippen molar-refractivity contribution in [2.45, 2.75) is 20.8 Å². The third-order valence-corrected chi connectivity index (χ3v) is 4.59. The van der Waals surface area contributed by atoms with Crippen molar-refractivity contribution >= 4 is 22.7 Å². The zero-order valence-electron chi connectivity index (χ0n) is 15.4. The first kappa shape index (κ1) is 17.0. The van der Waals surface area contributed by atoms with Crippen LogP contribution in [0.2, 0.25) is 0 Å². The maximum atomic E-state index is 13.5. The molecule has 0 bridgehead atoms. The van der Waals surface area contributed by atoms with E-state index in [9.17, 15) is 4.79 Å². The SMILES string of the molecule is CCN(C(=O)c1cc(-c2ccco2)nc2onc(C)c12)c1ccccc1C. The van der Waals surface area contributed by atoms with Gasteiger partial charge in [-0.3, -0.25) is 4.79 Å². The second-order valence-corrected chi connectivity index (χ2v) is 6.32. The number of nitrogens with zero attached hydrogens (tertiary/aromatic N) is 3.